The molecule has 0 saturated carbocycles. The molecule has 0 fully saturated rings. The minimum Gasteiger partial charge on any atom is -0.0616 e. The van der Waals surface area contributed by atoms with E-state index in [1.807, 2.05) is 0 Å². The van der Waals surface area contributed by atoms with Crippen molar-refractivity contribution in [1.29, 1.82) is 0 Å². The monoisotopic (exact) mass is 358 g/mol. The van der Waals surface area contributed by atoms with Gasteiger partial charge in [-0.1, -0.05) is 54.1 Å². The number of fused-ring (bicyclic) bond motifs is 1. The molecule has 3 rings (SSSR count). The number of rotatable bonds is 1. The Morgan fingerprint density at radius 3 is 2.11 bits per heavy atom. The highest BCUT2D eigenvalue weighted by Gasteiger charge is 2.09. The van der Waals surface area contributed by atoms with Crippen LogP contribution in [-0.2, 0) is 0 Å². The van der Waals surface area contributed by atoms with Crippen molar-refractivity contribution in [3.8, 4) is 11.1 Å². The summed E-state index contributed by atoms with van der Waals surface area (Å²) in [7, 11) is 0. The molecule has 0 atom stereocenters. The van der Waals surface area contributed by atoms with Crippen molar-refractivity contribution in [3.63, 3.8) is 0 Å². The summed E-state index contributed by atoms with van der Waals surface area (Å²) in [6.07, 6.45) is 0. The molecular weight excluding hydrogens is 343 g/mol. The lowest BCUT2D eigenvalue weighted by molar-refractivity contribution is 1.44. The summed E-state index contributed by atoms with van der Waals surface area (Å²) >= 11 is 2.43. The molecule has 0 aliphatic rings. The summed E-state index contributed by atoms with van der Waals surface area (Å²) in [6, 6.07) is 19.7. The molecule has 0 saturated heterocycles. The van der Waals surface area contributed by atoms with E-state index in [0.717, 1.165) is 0 Å². The zero-order chi connectivity index (χ0) is 13.4. The van der Waals surface area contributed by atoms with E-state index in [0.29, 0.717) is 0 Å². The molecule has 0 N–H and O–H groups in total. The Bertz CT molecular complexity index is 739. The summed E-state index contributed by atoms with van der Waals surface area (Å²) in [5, 5.41) is 2.68. The number of benzene rings is 3. The molecule has 0 amide bonds. The van der Waals surface area contributed by atoms with Crippen molar-refractivity contribution in [2.24, 2.45) is 0 Å². The average Bonchev–Trinajstić information content (AvgIpc) is 2.41. The van der Waals surface area contributed by atoms with Crippen LogP contribution in [0.1, 0.15) is 11.1 Å². The highest BCUT2D eigenvalue weighted by molar-refractivity contribution is 14.1. The van der Waals surface area contributed by atoms with Crippen LogP contribution in [0.3, 0.4) is 0 Å². The topological polar surface area (TPSA) is 0 Å². The van der Waals surface area contributed by atoms with Gasteiger partial charge in [0.05, 0.1) is 0 Å². The maximum Gasteiger partial charge on any atom is 0.0211 e. The molecule has 0 spiro atoms. The van der Waals surface area contributed by atoms with Crippen molar-refractivity contribution >= 4 is 33.4 Å². The van der Waals surface area contributed by atoms with Gasteiger partial charge in [-0.2, -0.15) is 0 Å². The predicted octanol–water partition coefficient (Wildman–Crippen LogP) is 5.73. The van der Waals surface area contributed by atoms with E-state index in [9.17, 15) is 0 Å². The molecule has 0 nitrogen and oxygen atoms in total. The van der Waals surface area contributed by atoms with Gasteiger partial charge in [0.25, 0.3) is 0 Å². The summed E-state index contributed by atoms with van der Waals surface area (Å²) in [5.41, 5.74) is 5.30. The molecule has 0 aromatic heterocycles. The van der Waals surface area contributed by atoms with Gasteiger partial charge in [0, 0.05) is 3.57 Å². The molecule has 0 heterocycles. The van der Waals surface area contributed by atoms with Crippen LogP contribution >= 0.6 is 22.6 Å². The molecule has 19 heavy (non-hydrogen) atoms. The quantitative estimate of drug-likeness (QED) is 0.488. The second-order valence-electron chi connectivity index (χ2n) is 4.96. The third-order valence-corrected chi connectivity index (χ3v) is 4.42. The Balaban J connectivity index is 2.37. The van der Waals surface area contributed by atoms with Gasteiger partial charge in [-0.25, -0.2) is 0 Å². The van der Waals surface area contributed by atoms with Crippen LogP contribution < -0.4 is 0 Å². The first-order chi connectivity index (χ1) is 9.16. The van der Waals surface area contributed by atoms with Crippen molar-refractivity contribution in [2.75, 3.05) is 0 Å². The summed E-state index contributed by atoms with van der Waals surface area (Å²) < 4.78 is 1.32. The van der Waals surface area contributed by atoms with Crippen molar-refractivity contribution in [2.45, 2.75) is 13.8 Å². The first-order valence-electron chi connectivity index (χ1n) is 6.42. The van der Waals surface area contributed by atoms with Crippen LogP contribution in [0.25, 0.3) is 21.9 Å². The van der Waals surface area contributed by atoms with Gasteiger partial charge in [0.1, 0.15) is 0 Å². The van der Waals surface area contributed by atoms with Crippen LogP contribution in [0.2, 0.25) is 0 Å². The SMILES string of the molecule is Cc1ccc(-c2c(C)cc(I)c3ccccc23)cc1. The molecule has 0 radical (unpaired) electrons. The van der Waals surface area contributed by atoms with Gasteiger partial charge in [0.15, 0.2) is 0 Å². The van der Waals surface area contributed by atoms with Gasteiger partial charge in [-0.05, 0) is 70.0 Å². The van der Waals surface area contributed by atoms with E-state index in [1.54, 1.807) is 0 Å². The van der Waals surface area contributed by atoms with E-state index in [-0.39, 0.29) is 0 Å². The van der Waals surface area contributed by atoms with Crippen LogP contribution in [0.15, 0.2) is 54.6 Å². The Kier molecular flexibility index (Phi) is 3.31. The summed E-state index contributed by atoms with van der Waals surface area (Å²) in [4.78, 5) is 0. The smallest absolute Gasteiger partial charge is 0.0211 e. The first kappa shape index (κ1) is 12.7. The minimum atomic E-state index is 1.30. The van der Waals surface area contributed by atoms with Crippen molar-refractivity contribution < 1.29 is 0 Å². The van der Waals surface area contributed by atoms with E-state index in [2.05, 4.69) is 91.0 Å². The fourth-order valence-electron chi connectivity index (χ4n) is 2.57. The zero-order valence-electron chi connectivity index (χ0n) is 11.1. The van der Waals surface area contributed by atoms with Crippen LogP contribution in [0.4, 0.5) is 0 Å². The maximum absolute atomic E-state index is 2.43. The lowest BCUT2D eigenvalue weighted by Gasteiger charge is -2.12. The first-order valence-corrected chi connectivity index (χ1v) is 7.49. The lowest BCUT2D eigenvalue weighted by atomic mass is 9.93. The third kappa shape index (κ3) is 2.27. The highest BCUT2D eigenvalue weighted by atomic mass is 127. The van der Waals surface area contributed by atoms with Crippen molar-refractivity contribution in [3.05, 3.63) is 69.3 Å². The average molecular weight is 358 g/mol. The second-order valence-corrected chi connectivity index (χ2v) is 6.12. The fraction of sp³-hybridized carbons (Fsp3) is 0.111. The van der Waals surface area contributed by atoms with Gasteiger partial charge in [-0.3, -0.25) is 0 Å². The molecule has 1 heteroatoms. The number of halogens is 1. The third-order valence-electron chi connectivity index (χ3n) is 3.53. The van der Waals surface area contributed by atoms with Gasteiger partial charge in [0.2, 0.25) is 0 Å². The van der Waals surface area contributed by atoms with Crippen LogP contribution in [-0.4, -0.2) is 0 Å². The Morgan fingerprint density at radius 1 is 0.789 bits per heavy atom. The summed E-state index contributed by atoms with van der Waals surface area (Å²) in [6.45, 7) is 4.33. The molecule has 0 aliphatic heterocycles. The molecule has 3 aromatic carbocycles. The second kappa shape index (κ2) is 4.97. The van der Waals surface area contributed by atoms with Crippen LogP contribution in [0, 0.1) is 17.4 Å². The standard InChI is InChI=1S/C18H15I/c1-12-7-9-14(10-8-12)18-13(2)11-17(19)15-5-3-4-6-16(15)18/h3-11H,1-2H3. The number of hydrogen-bond donors (Lipinski definition) is 0. The molecule has 0 aliphatic carbocycles. The van der Waals surface area contributed by atoms with E-state index >= 15 is 0 Å². The normalized spacial score (nSPS) is 10.9. The van der Waals surface area contributed by atoms with E-state index in [1.165, 1.54) is 36.6 Å². The zero-order valence-corrected chi connectivity index (χ0v) is 13.2. The summed E-state index contributed by atoms with van der Waals surface area (Å²) in [5.74, 6) is 0. The van der Waals surface area contributed by atoms with Gasteiger partial charge >= 0.3 is 0 Å². The Labute approximate surface area is 127 Å². The van der Waals surface area contributed by atoms with E-state index < -0.39 is 0 Å². The molecule has 94 valence electrons. The largest absolute Gasteiger partial charge is 0.0616 e. The fourth-order valence-corrected chi connectivity index (χ4v) is 3.50. The van der Waals surface area contributed by atoms with E-state index in [4.69, 9.17) is 0 Å². The molecule has 0 unspecified atom stereocenters. The molecule has 3 aromatic rings. The predicted molar refractivity (Wildman–Crippen MR) is 91.6 cm³/mol. The number of aryl methyl sites for hydroxylation is 2. The van der Waals surface area contributed by atoms with Crippen molar-refractivity contribution in [1.82, 2.24) is 0 Å². The van der Waals surface area contributed by atoms with Crippen LogP contribution in [0.5, 0.6) is 0 Å². The van der Waals surface area contributed by atoms with Gasteiger partial charge < -0.3 is 0 Å². The Hall–Kier alpha value is -1.35. The van der Waals surface area contributed by atoms with Gasteiger partial charge in [-0.15, -0.1) is 0 Å². The lowest BCUT2D eigenvalue weighted by Crippen LogP contribution is -1.89. The molecule has 0 bridgehead atoms. The highest BCUT2D eigenvalue weighted by Crippen LogP contribution is 2.34. The maximum atomic E-state index is 2.43. The number of hydrogen-bond acceptors (Lipinski definition) is 0. The minimum absolute atomic E-state index is 1.30. The molecular formula is C18H15I. The Morgan fingerprint density at radius 2 is 1.42 bits per heavy atom.